The third kappa shape index (κ3) is 7.45. The number of hydrogen-bond donors (Lipinski definition) is 3. The second kappa shape index (κ2) is 9.90. The van der Waals surface area contributed by atoms with E-state index in [1.54, 1.807) is 0 Å². The quantitative estimate of drug-likeness (QED) is 0.399. The van der Waals surface area contributed by atoms with Crippen LogP contribution in [0.15, 0.2) is 29.3 Å². The number of guanidine groups is 1. The Bertz CT molecular complexity index is 570. The molecule has 3 N–H and O–H groups in total. The van der Waals surface area contributed by atoms with Gasteiger partial charge in [-0.25, -0.2) is 0 Å². The summed E-state index contributed by atoms with van der Waals surface area (Å²) in [7, 11) is 0. The summed E-state index contributed by atoms with van der Waals surface area (Å²) in [5.41, 5.74) is -0.596. The van der Waals surface area contributed by atoms with Gasteiger partial charge in [-0.15, -0.1) is 0 Å². The van der Waals surface area contributed by atoms with Crippen LogP contribution in [0.3, 0.4) is 0 Å². The van der Waals surface area contributed by atoms with Crippen molar-refractivity contribution in [2.24, 2.45) is 4.99 Å². The van der Waals surface area contributed by atoms with Crippen molar-refractivity contribution in [3.8, 4) is 0 Å². The van der Waals surface area contributed by atoms with E-state index in [0.29, 0.717) is 12.5 Å². The van der Waals surface area contributed by atoms with Gasteiger partial charge in [0, 0.05) is 24.7 Å². The summed E-state index contributed by atoms with van der Waals surface area (Å²) in [5.74, 6) is 0.240. The highest BCUT2D eigenvalue weighted by atomic mass is 19.4. The van der Waals surface area contributed by atoms with Crippen LogP contribution >= 0.6 is 0 Å². The lowest BCUT2D eigenvalue weighted by atomic mass is 10.1. The van der Waals surface area contributed by atoms with Gasteiger partial charge in [-0.1, -0.05) is 6.92 Å². The fraction of sp³-hybridized carbons (Fsp3) is 0.529. The standard InChI is InChI=1S/C17H25F3N4O/c1-4-12(3)24-16(21-5-2)23-11-10-22-15(25)13-6-8-14(9-7-13)17(18,19)20/h6-9,12H,4-5,10-11H2,1-3H3,(H,22,25)(H2,21,23,24). The van der Waals surface area contributed by atoms with Gasteiger partial charge < -0.3 is 16.0 Å². The maximum atomic E-state index is 12.5. The molecule has 0 bridgehead atoms. The van der Waals surface area contributed by atoms with Gasteiger partial charge in [0.15, 0.2) is 5.96 Å². The molecule has 0 saturated carbocycles. The van der Waals surface area contributed by atoms with Gasteiger partial charge in [0.2, 0.25) is 0 Å². The molecular formula is C17H25F3N4O. The number of nitrogens with one attached hydrogen (secondary N) is 3. The molecule has 0 spiro atoms. The van der Waals surface area contributed by atoms with Crippen LogP contribution in [0.25, 0.3) is 0 Å². The first kappa shape index (κ1) is 20.8. The second-order valence-electron chi connectivity index (χ2n) is 5.55. The van der Waals surface area contributed by atoms with E-state index in [0.717, 1.165) is 37.2 Å². The molecular weight excluding hydrogens is 333 g/mol. The van der Waals surface area contributed by atoms with Crippen LogP contribution in [0, 0.1) is 0 Å². The molecule has 5 nitrogen and oxygen atoms in total. The molecule has 0 fully saturated rings. The normalized spacial score (nSPS) is 13.3. The maximum absolute atomic E-state index is 12.5. The van der Waals surface area contributed by atoms with Crippen molar-refractivity contribution in [2.45, 2.75) is 39.4 Å². The third-order valence-electron chi connectivity index (χ3n) is 3.48. The molecule has 0 heterocycles. The van der Waals surface area contributed by atoms with E-state index in [4.69, 9.17) is 0 Å². The Morgan fingerprint density at radius 3 is 2.32 bits per heavy atom. The van der Waals surface area contributed by atoms with Crippen LogP contribution in [-0.4, -0.2) is 37.5 Å². The first-order valence-electron chi connectivity index (χ1n) is 8.28. The Morgan fingerprint density at radius 2 is 1.80 bits per heavy atom. The Labute approximate surface area is 146 Å². The zero-order chi connectivity index (χ0) is 18.9. The van der Waals surface area contributed by atoms with E-state index < -0.39 is 17.6 Å². The minimum absolute atomic E-state index is 0.182. The number of aliphatic imine (C=N–C) groups is 1. The molecule has 140 valence electrons. The largest absolute Gasteiger partial charge is 0.416 e. The molecule has 1 aromatic rings. The van der Waals surface area contributed by atoms with Crippen molar-refractivity contribution < 1.29 is 18.0 Å². The van der Waals surface area contributed by atoms with Crippen molar-refractivity contribution in [2.75, 3.05) is 19.6 Å². The van der Waals surface area contributed by atoms with Crippen LogP contribution in [0.5, 0.6) is 0 Å². The number of benzene rings is 1. The Hall–Kier alpha value is -2.25. The predicted octanol–water partition coefficient (Wildman–Crippen LogP) is 2.79. The average Bonchev–Trinajstić information content (AvgIpc) is 2.57. The van der Waals surface area contributed by atoms with Gasteiger partial charge in [0.1, 0.15) is 0 Å². The van der Waals surface area contributed by atoms with Gasteiger partial charge in [0.25, 0.3) is 5.91 Å². The fourth-order valence-corrected chi connectivity index (χ4v) is 1.91. The zero-order valence-electron chi connectivity index (χ0n) is 14.7. The van der Waals surface area contributed by atoms with Gasteiger partial charge in [-0.05, 0) is 44.5 Å². The summed E-state index contributed by atoms with van der Waals surface area (Å²) in [6.45, 7) is 7.43. The lowest BCUT2D eigenvalue weighted by Gasteiger charge is -2.16. The molecule has 0 radical (unpaired) electrons. The fourth-order valence-electron chi connectivity index (χ4n) is 1.91. The van der Waals surface area contributed by atoms with E-state index in [2.05, 4.69) is 27.9 Å². The number of nitrogens with zero attached hydrogens (tertiary/aromatic N) is 1. The summed E-state index contributed by atoms with van der Waals surface area (Å²) in [4.78, 5) is 16.3. The van der Waals surface area contributed by atoms with Gasteiger partial charge >= 0.3 is 6.18 Å². The summed E-state index contributed by atoms with van der Waals surface area (Å²) in [6, 6.07) is 4.39. The van der Waals surface area contributed by atoms with Crippen LogP contribution < -0.4 is 16.0 Å². The predicted molar refractivity (Wildman–Crippen MR) is 92.6 cm³/mol. The van der Waals surface area contributed by atoms with E-state index in [-0.39, 0.29) is 18.2 Å². The van der Waals surface area contributed by atoms with Crippen molar-refractivity contribution in [3.63, 3.8) is 0 Å². The van der Waals surface area contributed by atoms with Crippen LogP contribution in [0.1, 0.15) is 43.1 Å². The van der Waals surface area contributed by atoms with E-state index in [9.17, 15) is 18.0 Å². The lowest BCUT2D eigenvalue weighted by Crippen LogP contribution is -2.42. The van der Waals surface area contributed by atoms with Gasteiger partial charge in [-0.3, -0.25) is 9.79 Å². The number of carbonyl (C=O) groups is 1. The first-order valence-corrected chi connectivity index (χ1v) is 8.28. The number of carbonyl (C=O) groups excluding carboxylic acids is 1. The molecule has 1 atom stereocenters. The molecule has 25 heavy (non-hydrogen) atoms. The molecule has 0 aliphatic heterocycles. The second-order valence-corrected chi connectivity index (χ2v) is 5.55. The summed E-state index contributed by atoms with van der Waals surface area (Å²) in [6.07, 6.45) is -3.45. The van der Waals surface area contributed by atoms with Crippen LogP contribution in [0.2, 0.25) is 0 Å². The number of halogens is 3. The molecule has 0 saturated heterocycles. The minimum atomic E-state index is -4.41. The first-order chi connectivity index (χ1) is 11.8. The Balaban J connectivity index is 2.51. The van der Waals surface area contributed by atoms with Crippen LogP contribution in [0.4, 0.5) is 13.2 Å². The Kier molecular flexibility index (Phi) is 8.24. The molecule has 0 aromatic heterocycles. The SMILES string of the molecule is CCNC(=NCCNC(=O)c1ccc(C(F)(F)F)cc1)NC(C)CC. The molecule has 0 aliphatic rings. The van der Waals surface area contributed by atoms with Crippen molar-refractivity contribution in [3.05, 3.63) is 35.4 Å². The topological polar surface area (TPSA) is 65.5 Å². The summed E-state index contributed by atoms with van der Waals surface area (Å²) >= 11 is 0. The maximum Gasteiger partial charge on any atom is 0.416 e. The van der Waals surface area contributed by atoms with Crippen molar-refractivity contribution >= 4 is 11.9 Å². The molecule has 1 rings (SSSR count). The van der Waals surface area contributed by atoms with Crippen molar-refractivity contribution in [1.29, 1.82) is 0 Å². The van der Waals surface area contributed by atoms with Crippen LogP contribution in [-0.2, 0) is 6.18 Å². The summed E-state index contributed by atoms with van der Waals surface area (Å²) < 4.78 is 37.5. The minimum Gasteiger partial charge on any atom is -0.357 e. The monoisotopic (exact) mass is 358 g/mol. The molecule has 8 heteroatoms. The lowest BCUT2D eigenvalue weighted by molar-refractivity contribution is -0.137. The molecule has 1 aromatic carbocycles. The molecule has 1 unspecified atom stereocenters. The number of amides is 1. The number of rotatable bonds is 7. The van der Waals surface area contributed by atoms with Gasteiger partial charge in [0.05, 0.1) is 12.1 Å². The number of hydrogen-bond acceptors (Lipinski definition) is 2. The highest BCUT2D eigenvalue weighted by molar-refractivity contribution is 5.94. The number of alkyl halides is 3. The van der Waals surface area contributed by atoms with E-state index >= 15 is 0 Å². The van der Waals surface area contributed by atoms with E-state index in [1.165, 1.54) is 0 Å². The average molecular weight is 358 g/mol. The highest BCUT2D eigenvalue weighted by Gasteiger charge is 2.30. The third-order valence-corrected chi connectivity index (χ3v) is 3.48. The molecule has 0 aliphatic carbocycles. The van der Waals surface area contributed by atoms with Crippen molar-refractivity contribution in [1.82, 2.24) is 16.0 Å². The summed E-state index contributed by atoms with van der Waals surface area (Å²) in [5, 5.41) is 8.97. The smallest absolute Gasteiger partial charge is 0.357 e. The highest BCUT2D eigenvalue weighted by Crippen LogP contribution is 2.28. The van der Waals surface area contributed by atoms with Gasteiger partial charge in [-0.2, -0.15) is 13.2 Å². The molecule has 1 amide bonds. The van der Waals surface area contributed by atoms with E-state index in [1.807, 2.05) is 13.8 Å². The zero-order valence-corrected chi connectivity index (χ0v) is 14.7. The Morgan fingerprint density at radius 1 is 1.16 bits per heavy atom.